The van der Waals surface area contributed by atoms with Crippen LogP contribution in [0.3, 0.4) is 0 Å². The molecule has 1 aromatic carbocycles. The van der Waals surface area contributed by atoms with Gasteiger partial charge in [-0.25, -0.2) is 4.39 Å². The van der Waals surface area contributed by atoms with E-state index in [-0.39, 0.29) is 5.82 Å². The van der Waals surface area contributed by atoms with Crippen molar-refractivity contribution in [2.24, 2.45) is 0 Å². The van der Waals surface area contributed by atoms with E-state index >= 15 is 0 Å². The minimum atomic E-state index is -0.431. The van der Waals surface area contributed by atoms with Gasteiger partial charge in [-0.1, -0.05) is 11.6 Å². The molecule has 0 aromatic heterocycles. The molecule has 1 atom stereocenters. The van der Waals surface area contributed by atoms with E-state index in [4.69, 9.17) is 16.7 Å². The summed E-state index contributed by atoms with van der Waals surface area (Å²) in [6.45, 7) is 1.67. The maximum Gasteiger partial charge on any atom is 0.123 e. The number of hydrogen-bond donors (Lipinski definition) is 1. The monoisotopic (exact) mass is 201 g/mol. The molecule has 1 radical (unpaired) electrons. The van der Waals surface area contributed by atoms with Gasteiger partial charge >= 0.3 is 0 Å². The van der Waals surface area contributed by atoms with E-state index in [1.807, 2.05) is 0 Å². The molecular weight excluding hydrogens is 191 g/mol. The molecule has 0 saturated carbocycles. The SMILES string of the molecule is CC(O)C[CH]c1cc(F)ccc1Cl. The van der Waals surface area contributed by atoms with Gasteiger partial charge in [-0.3, -0.25) is 0 Å². The molecule has 0 spiro atoms. The summed E-state index contributed by atoms with van der Waals surface area (Å²) in [6, 6.07) is 4.16. The average molecular weight is 202 g/mol. The molecule has 13 heavy (non-hydrogen) atoms. The van der Waals surface area contributed by atoms with Gasteiger partial charge in [-0.2, -0.15) is 0 Å². The Hall–Kier alpha value is -0.600. The summed E-state index contributed by atoms with van der Waals surface area (Å²) in [5.74, 6) is -0.318. The molecule has 1 aromatic rings. The van der Waals surface area contributed by atoms with Crippen molar-refractivity contribution in [1.29, 1.82) is 0 Å². The fraction of sp³-hybridized carbons (Fsp3) is 0.300. The number of benzene rings is 1. The van der Waals surface area contributed by atoms with Gasteiger partial charge in [0.2, 0.25) is 0 Å². The highest BCUT2D eigenvalue weighted by Crippen LogP contribution is 2.20. The molecule has 0 aliphatic rings. The molecule has 0 aliphatic heterocycles. The fourth-order valence-corrected chi connectivity index (χ4v) is 1.16. The summed E-state index contributed by atoms with van der Waals surface area (Å²) in [6.07, 6.45) is 1.76. The Bertz CT molecular complexity index is 286. The van der Waals surface area contributed by atoms with Crippen molar-refractivity contribution in [2.75, 3.05) is 0 Å². The Balaban J connectivity index is 2.70. The summed E-state index contributed by atoms with van der Waals surface area (Å²) in [4.78, 5) is 0. The third kappa shape index (κ3) is 3.33. The van der Waals surface area contributed by atoms with Crippen molar-refractivity contribution in [1.82, 2.24) is 0 Å². The van der Waals surface area contributed by atoms with Crippen molar-refractivity contribution >= 4 is 11.6 Å². The first-order valence-corrected chi connectivity index (χ1v) is 4.43. The number of rotatable bonds is 3. The highest BCUT2D eigenvalue weighted by atomic mass is 35.5. The lowest BCUT2D eigenvalue weighted by molar-refractivity contribution is 0.195. The van der Waals surface area contributed by atoms with Crippen molar-refractivity contribution in [3.05, 3.63) is 41.0 Å². The third-order valence-electron chi connectivity index (χ3n) is 1.64. The molecule has 0 saturated heterocycles. The van der Waals surface area contributed by atoms with Crippen LogP contribution < -0.4 is 0 Å². The minimum Gasteiger partial charge on any atom is -0.393 e. The fourth-order valence-electron chi connectivity index (χ4n) is 0.969. The predicted molar refractivity (Wildman–Crippen MR) is 51.1 cm³/mol. The van der Waals surface area contributed by atoms with Crippen molar-refractivity contribution in [3.8, 4) is 0 Å². The molecule has 0 aliphatic carbocycles. The number of halogens is 2. The van der Waals surface area contributed by atoms with Gasteiger partial charge in [0.1, 0.15) is 5.82 Å². The van der Waals surface area contributed by atoms with E-state index in [1.54, 1.807) is 13.3 Å². The van der Waals surface area contributed by atoms with E-state index in [0.29, 0.717) is 17.0 Å². The van der Waals surface area contributed by atoms with Crippen LogP contribution in [0.1, 0.15) is 18.9 Å². The van der Waals surface area contributed by atoms with E-state index in [9.17, 15) is 4.39 Å². The quantitative estimate of drug-likeness (QED) is 0.798. The van der Waals surface area contributed by atoms with Crippen molar-refractivity contribution in [3.63, 3.8) is 0 Å². The zero-order valence-corrected chi connectivity index (χ0v) is 8.05. The van der Waals surface area contributed by atoms with Crippen LogP contribution in [0, 0.1) is 12.2 Å². The second-order valence-corrected chi connectivity index (χ2v) is 3.36. The summed E-state index contributed by atoms with van der Waals surface area (Å²) >= 11 is 5.80. The number of hydrogen-bond acceptors (Lipinski definition) is 1. The third-order valence-corrected chi connectivity index (χ3v) is 1.98. The lowest BCUT2D eigenvalue weighted by Crippen LogP contribution is -2.00. The second kappa shape index (κ2) is 4.58. The highest BCUT2D eigenvalue weighted by molar-refractivity contribution is 6.31. The smallest absolute Gasteiger partial charge is 0.123 e. The van der Waals surface area contributed by atoms with Crippen LogP contribution in [0.2, 0.25) is 5.02 Å². The van der Waals surface area contributed by atoms with E-state index < -0.39 is 6.10 Å². The summed E-state index contributed by atoms with van der Waals surface area (Å²) in [5, 5.41) is 9.51. The topological polar surface area (TPSA) is 20.2 Å². The minimum absolute atomic E-state index is 0.318. The first-order valence-electron chi connectivity index (χ1n) is 4.06. The van der Waals surface area contributed by atoms with E-state index in [1.165, 1.54) is 18.2 Å². The van der Waals surface area contributed by atoms with Crippen LogP contribution in [-0.4, -0.2) is 11.2 Å². The molecule has 0 bridgehead atoms. The Morgan fingerprint density at radius 2 is 2.31 bits per heavy atom. The first kappa shape index (κ1) is 10.5. The molecule has 1 N–H and O–H groups in total. The maximum atomic E-state index is 12.7. The zero-order chi connectivity index (χ0) is 9.84. The van der Waals surface area contributed by atoms with Gasteiger partial charge in [0.15, 0.2) is 0 Å². The van der Waals surface area contributed by atoms with Gasteiger partial charge in [-0.05, 0) is 43.5 Å². The largest absolute Gasteiger partial charge is 0.393 e. The van der Waals surface area contributed by atoms with Crippen LogP contribution >= 0.6 is 11.6 Å². The Kier molecular flexibility index (Phi) is 3.70. The number of aliphatic hydroxyl groups excluding tert-OH is 1. The Morgan fingerprint density at radius 1 is 1.62 bits per heavy atom. The normalized spacial score (nSPS) is 12.9. The lowest BCUT2D eigenvalue weighted by Gasteiger charge is -2.05. The van der Waals surface area contributed by atoms with Gasteiger partial charge in [-0.15, -0.1) is 0 Å². The summed E-state index contributed by atoms with van der Waals surface area (Å²) in [7, 11) is 0. The second-order valence-electron chi connectivity index (χ2n) is 2.95. The summed E-state index contributed by atoms with van der Waals surface area (Å²) in [5.41, 5.74) is 0.627. The molecule has 0 heterocycles. The molecule has 1 nitrogen and oxygen atoms in total. The number of aliphatic hydroxyl groups is 1. The molecule has 1 rings (SSSR count). The molecule has 0 amide bonds. The van der Waals surface area contributed by atoms with Crippen LogP contribution in [0.4, 0.5) is 4.39 Å². The average Bonchev–Trinajstić information content (AvgIpc) is 2.06. The molecule has 3 heteroatoms. The van der Waals surface area contributed by atoms with Gasteiger partial charge < -0.3 is 5.11 Å². The van der Waals surface area contributed by atoms with Gasteiger partial charge in [0.25, 0.3) is 0 Å². The first-order chi connectivity index (χ1) is 6.09. The van der Waals surface area contributed by atoms with E-state index in [2.05, 4.69) is 0 Å². The van der Waals surface area contributed by atoms with Gasteiger partial charge in [0.05, 0.1) is 6.10 Å². The Morgan fingerprint density at radius 3 is 2.92 bits per heavy atom. The van der Waals surface area contributed by atoms with E-state index in [0.717, 1.165) is 0 Å². The van der Waals surface area contributed by atoms with Crippen LogP contribution in [0.5, 0.6) is 0 Å². The predicted octanol–water partition coefficient (Wildman–Crippen LogP) is 2.80. The molecule has 0 fully saturated rings. The molecular formula is C10H11ClFO. The Labute approximate surface area is 82.2 Å². The molecule has 1 unspecified atom stereocenters. The summed E-state index contributed by atoms with van der Waals surface area (Å²) < 4.78 is 12.7. The standard InChI is InChI=1S/C10H11ClFO/c1-7(13)2-3-8-6-9(12)4-5-10(8)11/h3-7,13H,2H2,1H3. The van der Waals surface area contributed by atoms with Gasteiger partial charge in [0, 0.05) is 5.02 Å². The zero-order valence-electron chi connectivity index (χ0n) is 7.30. The maximum absolute atomic E-state index is 12.7. The van der Waals surface area contributed by atoms with Crippen molar-refractivity contribution in [2.45, 2.75) is 19.4 Å². The van der Waals surface area contributed by atoms with Crippen LogP contribution in [-0.2, 0) is 0 Å². The van der Waals surface area contributed by atoms with Crippen molar-refractivity contribution < 1.29 is 9.50 Å². The lowest BCUT2D eigenvalue weighted by atomic mass is 10.1. The van der Waals surface area contributed by atoms with Crippen LogP contribution in [0.15, 0.2) is 18.2 Å². The highest BCUT2D eigenvalue weighted by Gasteiger charge is 2.04. The van der Waals surface area contributed by atoms with Crippen LogP contribution in [0.25, 0.3) is 0 Å². The molecule has 71 valence electrons.